The fourth-order valence-corrected chi connectivity index (χ4v) is 2.53. The van der Waals surface area contributed by atoms with Crippen LogP contribution in [0.1, 0.15) is 5.56 Å². The molecule has 0 aliphatic heterocycles. The summed E-state index contributed by atoms with van der Waals surface area (Å²) in [5.74, 6) is 1.36. The molecule has 0 radical (unpaired) electrons. The van der Waals surface area contributed by atoms with Crippen LogP contribution in [0.3, 0.4) is 0 Å². The number of para-hydroxylation sites is 1. The van der Waals surface area contributed by atoms with Crippen LogP contribution in [0.2, 0.25) is 0 Å². The zero-order valence-corrected chi connectivity index (χ0v) is 14.2. The molecule has 0 spiro atoms. The number of hydrogen-bond donors (Lipinski definition) is 1. The van der Waals surface area contributed by atoms with E-state index in [0.29, 0.717) is 13.2 Å². The Morgan fingerprint density at radius 2 is 1.68 bits per heavy atom. The van der Waals surface area contributed by atoms with E-state index in [2.05, 4.69) is 11.4 Å². The minimum Gasteiger partial charge on any atom is -0.492 e. The van der Waals surface area contributed by atoms with E-state index in [1.165, 1.54) is 5.39 Å². The second-order valence-electron chi connectivity index (χ2n) is 5.76. The first-order valence-corrected chi connectivity index (χ1v) is 8.29. The normalized spacial score (nSPS) is 10.4. The predicted molar refractivity (Wildman–Crippen MR) is 99.1 cm³/mol. The summed E-state index contributed by atoms with van der Waals surface area (Å²) in [6, 6.07) is 21.7. The van der Waals surface area contributed by atoms with E-state index in [1.807, 2.05) is 67.6 Å². The van der Waals surface area contributed by atoms with Crippen molar-refractivity contribution in [3.8, 4) is 11.5 Å². The van der Waals surface area contributed by atoms with Crippen LogP contribution >= 0.6 is 0 Å². The van der Waals surface area contributed by atoms with Gasteiger partial charge in [0.2, 0.25) is 0 Å². The number of amides is 1. The Hall–Kier alpha value is -3.01. The molecule has 0 unspecified atom stereocenters. The first-order valence-electron chi connectivity index (χ1n) is 8.29. The highest BCUT2D eigenvalue weighted by atomic mass is 16.5. The summed E-state index contributed by atoms with van der Waals surface area (Å²) in [5, 5.41) is 5.10. The molecule has 128 valence electrons. The van der Waals surface area contributed by atoms with Crippen molar-refractivity contribution in [1.29, 1.82) is 0 Å². The van der Waals surface area contributed by atoms with Crippen molar-refractivity contribution in [2.75, 3.05) is 19.8 Å². The van der Waals surface area contributed by atoms with E-state index in [-0.39, 0.29) is 12.5 Å². The van der Waals surface area contributed by atoms with Crippen LogP contribution in [0.25, 0.3) is 10.8 Å². The van der Waals surface area contributed by atoms with Gasteiger partial charge < -0.3 is 14.8 Å². The third-order valence-corrected chi connectivity index (χ3v) is 3.87. The molecule has 4 nitrogen and oxygen atoms in total. The van der Waals surface area contributed by atoms with Crippen LogP contribution in [0.5, 0.6) is 11.5 Å². The maximum absolute atomic E-state index is 11.8. The topological polar surface area (TPSA) is 47.6 Å². The van der Waals surface area contributed by atoms with Gasteiger partial charge in [-0.25, -0.2) is 0 Å². The standard InChI is InChI=1S/C21H21NO3/c1-16-6-2-5-9-20(16)25-15-21(23)22-12-13-24-19-11-10-17-7-3-4-8-18(17)14-19/h2-11,14H,12-13,15H2,1H3,(H,22,23). The smallest absolute Gasteiger partial charge is 0.258 e. The highest BCUT2D eigenvalue weighted by Gasteiger charge is 2.04. The average molecular weight is 335 g/mol. The molecule has 0 aliphatic rings. The summed E-state index contributed by atoms with van der Waals surface area (Å²) in [7, 11) is 0. The third kappa shape index (κ3) is 4.73. The Bertz CT molecular complexity index is 860. The fourth-order valence-electron chi connectivity index (χ4n) is 2.53. The molecule has 0 saturated carbocycles. The number of fused-ring (bicyclic) bond motifs is 1. The van der Waals surface area contributed by atoms with Crippen molar-refractivity contribution < 1.29 is 14.3 Å². The molecule has 1 N–H and O–H groups in total. The first kappa shape index (κ1) is 16.8. The fraction of sp³-hybridized carbons (Fsp3) is 0.190. The molecule has 3 rings (SSSR count). The lowest BCUT2D eigenvalue weighted by Crippen LogP contribution is -2.32. The Balaban J connectivity index is 1.40. The monoisotopic (exact) mass is 335 g/mol. The average Bonchev–Trinajstić information content (AvgIpc) is 2.64. The summed E-state index contributed by atoms with van der Waals surface area (Å²) < 4.78 is 11.2. The minimum absolute atomic E-state index is 0.000821. The summed E-state index contributed by atoms with van der Waals surface area (Å²) in [5.41, 5.74) is 1.01. The second kappa shape index (κ2) is 8.20. The van der Waals surface area contributed by atoms with Crippen LogP contribution in [0.15, 0.2) is 66.7 Å². The largest absolute Gasteiger partial charge is 0.492 e. The van der Waals surface area contributed by atoms with Gasteiger partial charge in [-0.05, 0) is 41.5 Å². The molecule has 4 heteroatoms. The Morgan fingerprint density at radius 3 is 2.52 bits per heavy atom. The van der Waals surface area contributed by atoms with E-state index < -0.39 is 0 Å². The maximum atomic E-state index is 11.8. The van der Waals surface area contributed by atoms with Crippen LogP contribution in [-0.4, -0.2) is 25.7 Å². The number of rotatable bonds is 7. The van der Waals surface area contributed by atoms with Gasteiger partial charge in [-0.2, -0.15) is 0 Å². The van der Waals surface area contributed by atoms with Gasteiger partial charge in [0, 0.05) is 0 Å². The summed E-state index contributed by atoms with van der Waals surface area (Å²) in [6.07, 6.45) is 0. The summed E-state index contributed by atoms with van der Waals surface area (Å²) in [6.45, 7) is 2.79. The SMILES string of the molecule is Cc1ccccc1OCC(=O)NCCOc1ccc2ccccc2c1. The first-order chi connectivity index (χ1) is 12.2. The molecule has 0 aliphatic carbocycles. The molecule has 3 aromatic carbocycles. The van der Waals surface area contributed by atoms with Crippen molar-refractivity contribution >= 4 is 16.7 Å². The third-order valence-electron chi connectivity index (χ3n) is 3.87. The zero-order valence-electron chi connectivity index (χ0n) is 14.2. The lowest BCUT2D eigenvalue weighted by atomic mass is 10.1. The number of carbonyl (C=O) groups excluding carboxylic acids is 1. The van der Waals surface area contributed by atoms with Gasteiger partial charge in [0.15, 0.2) is 6.61 Å². The van der Waals surface area contributed by atoms with Gasteiger partial charge in [-0.15, -0.1) is 0 Å². The van der Waals surface area contributed by atoms with Crippen molar-refractivity contribution in [2.24, 2.45) is 0 Å². The van der Waals surface area contributed by atoms with Crippen LogP contribution in [-0.2, 0) is 4.79 Å². The molecule has 0 saturated heterocycles. The summed E-state index contributed by atoms with van der Waals surface area (Å²) >= 11 is 0. The lowest BCUT2D eigenvalue weighted by Gasteiger charge is -2.10. The number of ether oxygens (including phenoxy) is 2. The number of benzene rings is 3. The van der Waals surface area contributed by atoms with Crippen molar-refractivity contribution in [1.82, 2.24) is 5.32 Å². The molecule has 0 bridgehead atoms. The van der Waals surface area contributed by atoms with E-state index in [4.69, 9.17) is 9.47 Å². The van der Waals surface area contributed by atoms with E-state index in [9.17, 15) is 4.79 Å². The number of hydrogen-bond acceptors (Lipinski definition) is 3. The van der Waals surface area contributed by atoms with Gasteiger partial charge in [-0.1, -0.05) is 48.5 Å². The molecule has 0 aromatic heterocycles. The Kier molecular flexibility index (Phi) is 5.52. The number of nitrogens with one attached hydrogen (secondary N) is 1. The Morgan fingerprint density at radius 1 is 0.920 bits per heavy atom. The quantitative estimate of drug-likeness (QED) is 0.669. The van der Waals surface area contributed by atoms with Crippen molar-refractivity contribution in [3.63, 3.8) is 0 Å². The molecule has 3 aromatic rings. The van der Waals surface area contributed by atoms with Gasteiger partial charge >= 0.3 is 0 Å². The van der Waals surface area contributed by atoms with Gasteiger partial charge in [0.1, 0.15) is 18.1 Å². The highest BCUT2D eigenvalue weighted by molar-refractivity contribution is 5.83. The lowest BCUT2D eigenvalue weighted by molar-refractivity contribution is -0.123. The molecule has 0 fully saturated rings. The molecule has 0 heterocycles. The van der Waals surface area contributed by atoms with Crippen LogP contribution in [0, 0.1) is 6.92 Å². The van der Waals surface area contributed by atoms with Crippen LogP contribution in [0.4, 0.5) is 0 Å². The van der Waals surface area contributed by atoms with Gasteiger partial charge in [-0.3, -0.25) is 4.79 Å². The molecular weight excluding hydrogens is 314 g/mol. The maximum Gasteiger partial charge on any atom is 0.258 e. The Labute approximate surface area is 147 Å². The van der Waals surface area contributed by atoms with Crippen LogP contribution < -0.4 is 14.8 Å². The predicted octanol–water partition coefficient (Wildman–Crippen LogP) is 3.72. The second-order valence-corrected chi connectivity index (χ2v) is 5.76. The molecular formula is C21H21NO3. The number of carbonyl (C=O) groups is 1. The summed E-state index contributed by atoms with van der Waals surface area (Å²) in [4.78, 5) is 11.8. The van der Waals surface area contributed by atoms with Crippen molar-refractivity contribution in [2.45, 2.75) is 6.92 Å². The van der Waals surface area contributed by atoms with Gasteiger partial charge in [0.25, 0.3) is 5.91 Å². The minimum atomic E-state index is -0.162. The van der Waals surface area contributed by atoms with Crippen molar-refractivity contribution in [3.05, 3.63) is 72.3 Å². The van der Waals surface area contributed by atoms with Gasteiger partial charge in [0.05, 0.1) is 6.54 Å². The van der Waals surface area contributed by atoms with E-state index in [1.54, 1.807) is 0 Å². The van der Waals surface area contributed by atoms with E-state index >= 15 is 0 Å². The zero-order chi connectivity index (χ0) is 17.5. The molecule has 25 heavy (non-hydrogen) atoms. The highest BCUT2D eigenvalue weighted by Crippen LogP contribution is 2.20. The molecule has 1 amide bonds. The van der Waals surface area contributed by atoms with E-state index in [0.717, 1.165) is 22.4 Å². The molecule has 0 atom stereocenters. The number of aryl methyl sites for hydroxylation is 1.